The lowest BCUT2D eigenvalue weighted by Crippen LogP contribution is -2.22. The molecule has 0 N–H and O–H groups in total. The van der Waals surface area contributed by atoms with Crippen molar-refractivity contribution < 1.29 is 9.59 Å². The van der Waals surface area contributed by atoms with E-state index in [0.717, 1.165) is 13.4 Å². The first-order valence-corrected chi connectivity index (χ1v) is 9.78. The topological polar surface area (TPSA) is 34.1 Å². The van der Waals surface area contributed by atoms with Crippen LogP contribution in [-0.2, 0) is 0 Å². The van der Waals surface area contributed by atoms with Gasteiger partial charge in [0, 0.05) is 30.1 Å². The molecular formula is C20H10ClIO2S. The molecule has 0 fully saturated rings. The van der Waals surface area contributed by atoms with E-state index < -0.39 is 0 Å². The lowest BCUT2D eigenvalue weighted by molar-refractivity contribution is 0.0977. The van der Waals surface area contributed by atoms with Crippen LogP contribution in [0, 0.1) is 3.57 Å². The summed E-state index contributed by atoms with van der Waals surface area (Å²) >= 11 is 9.95. The number of hydrogen-bond acceptors (Lipinski definition) is 3. The molecule has 3 aromatic carbocycles. The van der Waals surface area contributed by atoms with Crippen LogP contribution in [0.1, 0.15) is 31.8 Å². The molecule has 0 bridgehead atoms. The van der Waals surface area contributed by atoms with E-state index in [-0.39, 0.29) is 11.6 Å². The van der Waals surface area contributed by atoms with Gasteiger partial charge in [-0.05, 0) is 46.9 Å². The van der Waals surface area contributed by atoms with E-state index in [1.165, 1.54) is 11.8 Å². The standard InChI is InChI=1S/C20H10ClIO2S/c21-13-7-3-5-11-17(13)19(23)12-6-4-10-16(18(12)20(11)24)25-15-9-2-1-8-14(15)22/h1-10H. The van der Waals surface area contributed by atoms with Gasteiger partial charge in [0.25, 0.3) is 0 Å². The second-order valence-electron chi connectivity index (χ2n) is 5.53. The van der Waals surface area contributed by atoms with Gasteiger partial charge >= 0.3 is 0 Å². The van der Waals surface area contributed by atoms with Crippen LogP contribution in [0.3, 0.4) is 0 Å². The number of rotatable bonds is 2. The number of hydrogen-bond donors (Lipinski definition) is 0. The van der Waals surface area contributed by atoms with Gasteiger partial charge in [-0.2, -0.15) is 0 Å². The van der Waals surface area contributed by atoms with Crippen LogP contribution in [-0.4, -0.2) is 11.6 Å². The van der Waals surface area contributed by atoms with Gasteiger partial charge in [0.15, 0.2) is 11.6 Å². The normalized spacial score (nSPS) is 12.7. The lowest BCUT2D eigenvalue weighted by Gasteiger charge is -2.20. The van der Waals surface area contributed by atoms with E-state index in [1.54, 1.807) is 24.3 Å². The summed E-state index contributed by atoms with van der Waals surface area (Å²) in [5, 5.41) is 0.317. The molecule has 0 saturated carbocycles. The summed E-state index contributed by atoms with van der Waals surface area (Å²) in [6.45, 7) is 0. The third-order valence-corrected chi connectivity index (χ3v) is 6.80. The summed E-state index contributed by atoms with van der Waals surface area (Å²) in [7, 11) is 0. The fraction of sp³-hybridized carbons (Fsp3) is 0. The minimum absolute atomic E-state index is 0.152. The molecule has 3 aromatic rings. The first-order valence-electron chi connectivity index (χ1n) is 7.51. The minimum Gasteiger partial charge on any atom is -0.289 e. The lowest BCUT2D eigenvalue weighted by atomic mass is 9.84. The highest BCUT2D eigenvalue weighted by atomic mass is 127. The Morgan fingerprint density at radius 1 is 0.720 bits per heavy atom. The van der Waals surface area contributed by atoms with Gasteiger partial charge in [0.05, 0.1) is 10.6 Å². The Morgan fingerprint density at radius 2 is 1.32 bits per heavy atom. The van der Waals surface area contributed by atoms with E-state index in [9.17, 15) is 9.59 Å². The number of carbonyl (C=O) groups excluding carboxylic acids is 2. The molecule has 1 aliphatic carbocycles. The van der Waals surface area contributed by atoms with Crippen molar-refractivity contribution in [2.45, 2.75) is 9.79 Å². The van der Waals surface area contributed by atoms with Crippen molar-refractivity contribution in [1.29, 1.82) is 0 Å². The highest BCUT2D eigenvalue weighted by molar-refractivity contribution is 14.1. The molecule has 0 atom stereocenters. The molecule has 0 aliphatic heterocycles. The summed E-state index contributed by atoms with van der Waals surface area (Å²) in [6.07, 6.45) is 0. The molecule has 0 spiro atoms. The number of ketones is 2. The van der Waals surface area contributed by atoms with Gasteiger partial charge in [-0.15, -0.1) is 0 Å². The average Bonchev–Trinajstić information content (AvgIpc) is 2.61. The molecule has 25 heavy (non-hydrogen) atoms. The summed E-state index contributed by atoms with van der Waals surface area (Å²) in [5.41, 5.74) is 1.56. The van der Waals surface area contributed by atoms with E-state index in [2.05, 4.69) is 22.6 Å². The highest BCUT2D eigenvalue weighted by Crippen LogP contribution is 2.39. The van der Waals surface area contributed by atoms with Crippen LogP contribution in [0.4, 0.5) is 0 Å². The number of benzene rings is 3. The SMILES string of the molecule is O=C1c2cccc(Sc3ccccc3I)c2C(=O)c2cccc(Cl)c21. The predicted octanol–water partition coefficient (Wildman–Crippen LogP) is 5.87. The van der Waals surface area contributed by atoms with Crippen LogP contribution in [0.5, 0.6) is 0 Å². The van der Waals surface area contributed by atoms with Crippen molar-refractivity contribution in [3.63, 3.8) is 0 Å². The Morgan fingerprint density at radius 3 is 2.08 bits per heavy atom. The van der Waals surface area contributed by atoms with Crippen molar-refractivity contribution in [2.75, 3.05) is 0 Å². The second-order valence-corrected chi connectivity index (χ2v) is 8.19. The highest BCUT2D eigenvalue weighted by Gasteiger charge is 2.33. The van der Waals surface area contributed by atoms with Gasteiger partial charge in [-0.25, -0.2) is 0 Å². The third-order valence-electron chi connectivity index (χ3n) is 4.04. The summed E-state index contributed by atoms with van der Waals surface area (Å²) in [5.74, 6) is -0.346. The summed E-state index contributed by atoms with van der Waals surface area (Å²) in [4.78, 5) is 27.8. The zero-order valence-corrected chi connectivity index (χ0v) is 16.5. The fourth-order valence-corrected chi connectivity index (χ4v) is 4.88. The summed E-state index contributed by atoms with van der Waals surface area (Å²) in [6, 6.07) is 18.3. The first kappa shape index (κ1) is 16.8. The van der Waals surface area contributed by atoms with Gasteiger partial charge in [-0.3, -0.25) is 9.59 Å². The molecule has 0 aromatic heterocycles. The monoisotopic (exact) mass is 476 g/mol. The van der Waals surface area contributed by atoms with E-state index in [0.29, 0.717) is 27.3 Å². The number of fused-ring (bicyclic) bond motifs is 2. The Balaban J connectivity index is 1.89. The van der Waals surface area contributed by atoms with Gasteiger partial charge < -0.3 is 0 Å². The van der Waals surface area contributed by atoms with E-state index >= 15 is 0 Å². The van der Waals surface area contributed by atoms with Crippen LogP contribution < -0.4 is 0 Å². The largest absolute Gasteiger partial charge is 0.289 e. The predicted molar refractivity (Wildman–Crippen MR) is 108 cm³/mol. The molecule has 0 radical (unpaired) electrons. The molecule has 4 rings (SSSR count). The van der Waals surface area contributed by atoms with Crippen LogP contribution in [0.25, 0.3) is 0 Å². The maximum Gasteiger partial charge on any atom is 0.196 e. The zero-order valence-electron chi connectivity index (χ0n) is 12.8. The van der Waals surface area contributed by atoms with Crippen molar-refractivity contribution >= 4 is 57.5 Å². The Labute approximate surface area is 167 Å². The number of halogens is 2. The van der Waals surface area contributed by atoms with E-state index in [4.69, 9.17) is 11.6 Å². The smallest absolute Gasteiger partial charge is 0.196 e. The quantitative estimate of drug-likeness (QED) is 0.339. The third kappa shape index (κ3) is 2.82. The average molecular weight is 477 g/mol. The van der Waals surface area contributed by atoms with E-state index in [1.807, 2.05) is 36.4 Å². The molecule has 0 heterocycles. The minimum atomic E-state index is -0.194. The van der Waals surface area contributed by atoms with Crippen molar-refractivity contribution in [3.8, 4) is 0 Å². The Kier molecular flexibility index (Phi) is 4.43. The van der Waals surface area contributed by atoms with Crippen LogP contribution in [0.15, 0.2) is 70.5 Å². The Hall–Kier alpha value is -1.63. The van der Waals surface area contributed by atoms with Gasteiger partial charge in [0.2, 0.25) is 0 Å². The molecular weight excluding hydrogens is 467 g/mol. The molecule has 5 heteroatoms. The first-order chi connectivity index (χ1) is 12.1. The van der Waals surface area contributed by atoms with Gasteiger partial charge in [0.1, 0.15) is 0 Å². The van der Waals surface area contributed by atoms with Crippen LogP contribution in [0.2, 0.25) is 5.02 Å². The van der Waals surface area contributed by atoms with Crippen molar-refractivity contribution in [2.24, 2.45) is 0 Å². The van der Waals surface area contributed by atoms with Crippen molar-refractivity contribution in [1.82, 2.24) is 0 Å². The number of carbonyl (C=O) groups is 2. The van der Waals surface area contributed by atoms with Crippen LogP contribution >= 0.6 is 46.0 Å². The molecule has 1 aliphatic rings. The maximum atomic E-state index is 13.1. The second kappa shape index (κ2) is 6.59. The molecule has 0 unspecified atom stereocenters. The fourth-order valence-electron chi connectivity index (χ4n) is 2.90. The van der Waals surface area contributed by atoms with Crippen molar-refractivity contribution in [3.05, 3.63) is 91.5 Å². The maximum absolute atomic E-state index is 13.1. The zero-order chi connectivity index (χ0) is 17.6. The molecule has 122 valence electrons. The summed E-state index contributed by atoms with van der Waals surface area (Å²) < 4.78 is 1.10. The molecule has 2 nitrogen and oxygen atoms in total. The molecule has 0 amide bonds. The molecule has 0 saturated heterocycles. The van der Waals surface area contributed by atoms with Gasteiger partial charge in [-0.1, -0.05) is 59.8 Å². The Bertz CT molecular complexity index is 1050.